The van der Waals surface area contributed by atoms with Gasteiger partial charge in [0.05, 0.1) is 58.0 Å². The first-order chi connectivity index (χ1) is 73.3. The topological polar surface area (TPSA) is 32.4 Å². The van der Waals surface area contributed by atoms with Crippen LogP contribution in [0, 0.1) is 58.3 Å². The Hall–Kier alpha value is -11.9. The predicted octanol–water partition coefficient (Wildman–Crippen LogP) is 35.4. The quantitative estimate of drug-likeness (QED) is 0.132. The maximum atomic E-state index is 9.02. The molecule has 0 radical (unpaired) electrons. The van der Waals surface area contributed by atoms with Crippen molar-refractivity contribution >= 4 is 56.9 Å². The molecule has 14 aliphatic rings. The summed E-state index contributed by atoms with van der Waals surface area (Å²) in [6, 6.07) is 91.8. The third kappa shape index (κ3) is 16.2. The second kappa shape index (κ2) is 41.3. The van der Waals surface area contributed by atoms with Crippen molar-refractivity contribution < 1.29 is 21.9 Å². The van der Waals surface area contributed by atoms with E-state index in [0.717, 1.165) is 161 Å². The van der Waals surface area contributed by atoms with E-state index in [4.69, 9.17) is 21.9 Å². The standard InChI is InChI=1S/C31H40N2.C26H32N2.C26H26N2.C25H30N2.C20H22N2.5CH4/c1-22-14-10-13-21-29(22)32-23(2)30-27-19-11-12-20-28(27)31(33(30)24(32)3,25-15-6-4-7-16-25)26-17-8-5-9-18-26;2*1-18-12-8-11-17-24(18)27-19(2)25-22-15-9-10-16-23(22)26(4,28(25)20(27)3)21-13-6-5-7-14-21;1-17-11-5-10-16-23(17)26-18(2)24-21-14-8-9-15-22(21)25(4,27(24)19(26)3)20-12-6-7-13-20;1-13-9-5-8-12-19(13)21-15(3)20-18-11-7-6-10-17(18)14(2)22(20)16(21)4;;;;;/h10-14,19-21,24-26H,4-9,15-18H2,1-3H3;8-12,15-17,20-21H,5-7,13-14H2,1-4H3;5-17,20H,1-4H3;5,8-11,14-16,19-20H,6-7,12-13H2,1-4H3;5-12,14,16H,1-4H3;5*1H4/i4*3D3;4D3,14D;;;;;. The molecule has 0 saturated heterocycles. The van der Waals surface area contributed by atoms with Gasteiger partial charge in [0.25, 0.3) is 0 Å². The van der Waals surface area contributed by atoms with Crippen molar-refractivity contribution in [3.05, 3.63) is 390 Å². The summed E-state index contributed by atoms with van der Waals surface area (Å²) in [6.45, 7) is 18.2. The van der Waals surface area contributed by atoms with Crippen LogP contribution in [0.15, 0.2) is 301 Å². The molecule has 143 heavy (non-hydrogen) atoms. The van der Waals surface area contributed by atoms with Crippen LogP contribution >= 0.6 is 0 Å². The fraction of sp³-hybridized carbons (Fsp3) is 0.429. The van der Waals surface area contributed by atoms with E-state index in [1.54, 1.807) is 11.8 Å². The van der Waals surface area contributed by atoms with Crippen molar-refractivity contribution in [2.75, 3.05) is 24.5 Å². The van der Waals surface area contributed by atoms with E-state index in [9.17, 15) is 0 Å². The molecule has 752 valence electrons. The van der Waals surface area contributed by atoms with Crippen LogP contribution in [0.3, 0.4) is 0 Å². The van der Waals surface area contributed by atoms with E-state index in [2.05, 4.69) is 230 Å². The van der Waals surface area contributed by atoms with Crippen LogP contribution in [-0.4, -0.2) is 55.3 Å². The highest BCUT2D eigenvalue weighted by Gasteiger charge is 2.63. The fourth-order valence-electron chi connectivity index (χ4n) is 28.4. The number of rotatable bonds is 10. The number of para-hydroxylation sites is 5. The summed E-state index contributed by atoms with van der Waals surface area (Å²) in [5, 5.41) is 0. The molecule has 11 aromatic rings. The zero-order valence-electron chi connectivity index (χ0n) is 99.6. The van der Waals surface area contributed by atoms with Gasteiger partial charge in [-0.25, -0.2) is 0 Å². The molecule has 0 amide bonds. The molecule has 0 N–H and O–H groups in total. The molecule has 25 rings (SSSR count). The number of anilines is 5. The minimum Gasteiger partial charge on any atom is -0.342 e. The van der Waals surface area contributed by atoms with Crippen LogP contribution in [0.5, 0.6) is 0 Å². The maximum Gasteiger partial charge on any atom is 0.104 e. The van der Waals surface area contributed by atoms with Crippen LogP contribution < -0.4 is 24.5 Å². The summed E-state index contributed by atoms with van der Waals surface area (Å²) in [6.07, 6.45) is 19.5. The maximum absolute atomic E-state index is 9.02. The van der Waals surface area contributed by atoms with Gasteiger partial charge in [0.1, 0.15) is 30.8 Å². The summed E-state index contributed by atoms with van der Waals surface area (Å²) in [7, 11) is 0. The number of hydrogen-bond acceptors (Lipinski definition) is 10. The van der Waals surface area contributed by atoms with Crippen molar-refractivity contribution in [1.29, 1.82) is 0 Å². The summed E-state index contributed by atoms with van der Waals surface area (Å²) in [5.74, 6) is 1.89. The van der Waals surface area contributed by atoms with Crippen molar-refractivity contribution in [1.82, 2.24) is 24.5 Å². The normalized spacial score (nSPS) is 27.1. The second-order valence-electron chi connectivity index (χ2n) is 42.0. The summed E-state index contributed by atoms with van der Waals surface area (Å²) in [4.78, 5) is 21.2. The average Bonchev–Trinajstić information content (AvgIpc) is 1.50. The zero-order chi connectivity index (χ0) is 109. The first-order valence-electron chi connectivity index (χ1n) is 59.6. The highest BCUT2D eigenvalue weighted by atomic mass is 15.5. The van der Waals surface area contributed by atoms with Crippen molar-refractivity contribution in [3.8, 4) is 0 Å². The van der Waals surface area contributed by atoms with Gasteiger partial charge in [-0.05, 0) is 298 Å². The number of allylic oxidation sites excluding steroid dienone is 5. The number of fused-ring (bicyclic) bond motifs is 15. The van der Waals surface area contributed by atoms with Gasteiger partial charge in [0.15, 0.2) is 0 Å². The lowest BCUT2D eigenvalue weighted by Gasteiger charge is -2.54. The van der Waals surface area contributed by atoms with Crippen LogP contribution in [-0.2, 0) is 22.2 Å². The SMILES string of the molecule is C.C.C.C.C.[2H]C([2H])([2H])C1N(c2ccccc2C)C(C)=C2c3ccccc3C(C)(C3CCCC3)N21.[2H]C([2H])([2H])C1N(c2ccccc2C)C(C)=C2c3ccccc3C(C)(C3CCCCC3)N21.[2H]C([2H])([2H])C1N(c2ccccc2C)C(C)=C2c3ccccc3C(C)(c3ccccc3)N21.[2H]C([2H])([2H])C1N(c2ccccc2C)C(C)=C2c3ccccc3C(C3CCCCC3)(C3CCCCC3)N21.[2H]C([2H])([2H])C1N(c2ccccc2C)C(C)=C2c3ccccc3C([2H])(C)N21. The molecule has 4 aliphatic carbocycles. The second-order valence-corrected chi connectivity index (χ2v) is 42.0. The lowest BCUT2D eigenvalue weighted by molar-refractivity contribution is -0.0195. The Bertz CT molecular complexity index is 7270. The van der Waals surface area contributed by atoms with Gasteiger partial charge in [-0.2, -0.15) is 0 Å². The number of benzene rings is 11. The molecule has 10 heterocycles. The minimum atomic E-state index is -2.27. The van der Waals surface area contributed by atoms with E-state index < -0.39 is 76.6 Å². The molecule has 11 aromatic carbocycles. The molecule has 10 aliphatic heterocycles. The Kier molecular flexibility index (Phi) is 24.4. The summed E-state index contributed by atoms with van der Waals surface area (Å²) >= 11 is 0. The largest absolute Gasteiger partial charge is 0.342 e. The molecule has 0 bridgehead atoms. The van der Waals surface area contributed by atoms with Crippen LogP contribution in [0.25, 0.3) is 28.5 Å². The van der Waals surface area contributed by atoms with E-state index in [1.165, 1.54) is 135 Å². The Morgan fingerprint density at radius 2 is 0.510 bits per heavy atom. The van der Waals surface area contributed by atoms with E-state index in [1.807, 2.05) is 177 Å². The first-order valence-corrected chi connectivity index (χ1v) is 51.6. The minimum absolute atomic E-state index is 0. The van der Waals surface area contributed by atoms with E-state index >= 15 is 0 Å². The summed E-state index contributed by atoms with van der Waals surface area (Å²) in [5.41, 5.74) is 31.9. The lowest BCUT2D eigenvalue weighted by atomic mass is 9.61. The molecule has 4 saturated carbocycles. The number of aryl methyl sites for hydroxylation is 5. The molecule has 4 fully saturated rings. The lowest BCUT2D eigenvalue weighted by Crippen LogP contribution is -2.57. The summed E-state index contributed by atoms with van der Waals surface area (Å²) < 4.78 is 138. The van der Waals surface area contributed by atoms with E-state index in [-0.39, 0.29) is 53.8 Å². The Labute approximate surface area is 886 Å². The zero-order valence-corrected chi connectivity index (χ0v) is 83.6. The third-order valence-electron chi connectivity index (χ3n) is 35.0. The number of nitrogens with zero attached hydrogens (tertiary/aromatic N) is 10. The van der Waals surface area contributed by atoms with Gasteiger partial charge >= 0.3 is 0 Å². The van der Waals surface area contributed by atoms with Crippen molar-refractivity contribution in [3.63, 3.8) is 0 Å². The Morgan fingerprint density at radius 1 is 0.252 bits per heavy atom. The molecule has 0 aromatic heterocycles. The van der Waals surface area contributed by atoms with Gasteiger partial charge in [-0.15, -0.1) is 0 Å². The fourth-order valence-corrected chi connectivity index (χ4v) is 28.4. The van der Waals surface area contributed by atoms with Gasteiger partial charge in [0.2, 0.25) is 0 Å². The Morgan fingerprint density at radius 3 is 0.881 bits per heavy atom. The molecule has 9 atom stereocenters. The molecule has 9 unspecified atom stereocenters. The highest BCUT2D eigenvalue weighted by Crippen LogP contribution is 2.67. The van der Waals surface area contributed by atoms with Gasteiger partial charge in [0, 0.05) is 105 Å². The molecule has 10 nitrogen and oxygen atoms in total. The Balaban J connectivity index is 0.000000139. The van der Waals surface area contributed by atoms with Gasteiger partial charge in [-0.3, -0.25) is 0 Å². The molecular formula is C133H170N10. The molecule has 0 spiro atoms. The monoisotopic (exact) mass is 1920 g/mol. The van der Waals surface area contributed by atoms with Gasteiger partial charge in [-0.1, -0.05) is 350 Å². The van der Waals surface area contributed by atoms with Crippen molar-refractivity contribution in [2.45, 2.75) is 349 Å². The van der Waals surface area contributed by atoms with Crippen LogP contribution in [0.2, 0.25) is 0 Å². The average molecular weight is 1920 g/mol. The number of hydrogen-bond donors (Lipinski definition) is 0. The van der Waals surface area contributed by atoms with Crippen LogP contribution in [0.1, 0.15) is 373 Å². The smallest absolute Gasteiger partial charge is 0.104 e. The molecular weight excluding hydrogens is 1740 g/mol. The van der Waals surface area contributed by atoms with E-state index in [0.29, 0.717) is 23.7 Å². The predicted molar refractivity (Wildman–Crippen MR) is 613 cm³/mol. The first kappa shape index (κ1) is 84.5. The third-order valence-corrected chi connectivity index (χ3v) is 35.0. The highest BCUT2D eigenvalue weighted by molar-refractivity contribution is 5.89. The van der Waals surface area contributed by atoms with Crippen molar-refractivity contribution in [2.24, 2.45) is 23.7 Å². The van der Waals surface area contributed by atoms with Gasteiger partial charge < -0.3 is 49.0 Å². The molecule has 10 heteroatoms. The van der Waals surface area contributed by atoms with Crippen LogP contribution in [0.4, 0.5) is 28.4 Å².